The predicted octanol–water partition coefficient (Wildman–Crippen LogP) is 4.52. The third-order valence-corrected chi connectivity index (χ3v) is 6.68. The SMILES string of the molecule is COc1ccc(N2C(=O)CC[C@@H](C(=O)NCc3ccccc3OC)[C@@H]2c2ccc(OC)c(OC)c2)cc1. The van der Waals surface area contributed by atoms with E-state index in [9.17, 15) is 9.59 Å². The van der Waals surface area contributed by atoms with Gasteiger partial charge in [0.2, 0.25) is 11.8 Å². The molecule has 3 aromatic rings. The number of carbonyl (C=O) groups excluding carboxylic acids is 2. The Morgan fingerprint density at radius 3 is 2.24 bits per heavy atom. The van der Waals surface area contributed by atoms with E-state index in [4.69, 9.17) is 18.9 Å². The number of benzene rings is 3. The first kappa shape index (κ1) is 25.9. The Kier molecular flexibility index (Phi) is 8.18. The van der Waals surface area contributed by atoms with Crippen LogP contribution in [0.2, 0.25) is 0 Å². The fraction of sp³-hybridized carbons (Fsp3) is 0.310. The molecule has 1 N–H and O–H groups in total. The van der Waals surface area contributed by atoms with Gasteiger partial charge in [0.25, 0.3) is 0 Å². The summed E-state index contributed by atoms with van der Waals surface area (Å²) in [4.78, 5) is 28.7. The summed E-state index contributed by atoms with van der Waals surface area (Å²) in [6.45, 7) is 0.314. The van der Waals surface area contributed by atoms with E-state index in [-0.39, 0.29) is 18.2 Å². The molecule has 1 aliphatic heterocycles. The second-order valence-electron chi connectivity index (χ2n) is 8.70. The van der Waals surface area contributed by atoms with Crippen LogP contribution in [0.25, 0.3) is 0 Å². The van der Waals surface area contributed by atoms with Gasteiger partial charge in [0.15, 0.2) is 11.5 Å². The summed E-state index contributed by atoms with van der Waals surface area (Å²) in [7, 11) is 6.33. The molecule has 4 rings (SSSR count). The van der Waals surface area contributed by atoms with Crippen molar-refractivity contribution in [3.05, 3.63) is 77.9 Å². The minimum atomic E-state index is -0.549. The van der Waals surface area contributed by atoms with Crippen molar-refractivity contribution in [2.24, 2.45) is 5.92 Å². The first-order valence-corrected chi connectivity index (χ1v) is 12.1. The first-order valence-electron chi connectivity index (χ1n) is 12.1. The molecule has 194 valence electrons. The summed E-state index contributed by atoms with van der Waals surface area (Å²) < 4.78 is 21.7. The molecule has 0 bridgehead atoms. The number of carbonyl (C=O) groups is 2. The molecule has 0 aliphatic carbocycles. The maximum atomic E-state index is 13.7. The summed E-state index contributed by atoms with van der Waals surface area (Å²) >= 11 is 0. The van der Waals surface area contributed by atoms with Crippen LogP contribution in [0.1, 0.15) is 30.0 Å². The average Bonchev–Trinajstić information content (AvgIpc) is 2.95. The zero-order valence-electron chi connectivity index (χ0n) is 21.5. The van der Waals surface area contributed by atoms with Crippen molar-refractivity contribution < 1.29 is 28.5 Å². The highest BCUT2D eigenvalue weighted by atomic mass is 16.5. The Hall–Kier alpha value is -4.20. The van der Waals surface area contributed by atoms with Crippen LogP contribution in [0, 0.1) is 5.92 Å². The number of nitrogens with zero attached hydrogens (tertiary/aromatic N) is 1. The van der Waals surface area contributed by atoms with Crippen LogP contribution in [0.3, 0.4) is 0 Å². The fourth-order valence-electron chi connectivity index (χ4n) is 4.79. The zero-order chi connectivity index (χ0) is 26.4. The van der Waals surface area contributed by atoms with Crippen molar-refractivity contribution >= 4 is 17.5 Å². The smallest absolute Gasteiger partial charge is 0.227 e. The van der Waals surface area contributed by atoms with Gasteiger partial charge in [-0.3, -0.25) is 9.59 Å². The summed E-state index contributed by atoms with van der Waals surface area (Å²) in [6.07, 6.45) is 0.671. The summed E-state index contributed by atoms with van der Waals surface area (Å²) in [5.41, 5.74) is 2.34. The summed E-state index contributed by atoms with van der Waals surface area (Å²) in [5, 5.41) is 3.07. The quantitative estimate of drug-likeness (QED) is 0.461. The van der Waals surface area contributed by atoms with Crippen molar-refractivity contribution in [2.75, 3.05) is 33.3 Å². The number of hydrogen-bond acceptors (Lipinski definition) is 6. The molecule has 0 spiro atoms. The molecule has 2 amide bonds. The Labute approximate surface area is 217 Å². The van der Waals surface area contributed by atoms with Gasteiger partial charge in [0, 0.05) is 24.2 Å². The first-order chi connectivity index (χ1) is 18.0. The monoisotopic (exact) mass is 504 g/mol. The molecule has 1 aliphatic rings. The molecular formula is C29H32N2O6. The molecule has 37 heavy (non-hydrogen) atoms. The van der Waals surface area contributed by atoms with E-state index in [1.54, 1.807) is 51.5 Å². The normalized spacial score (nSPS) is 17.2. The van der Waals surface area contributed by atoms with E-state index in [0.29, 0.717) is 41.7 Å². The van der Waals surface area contributed by atoms with Crippen molar-refractivity contribution in [2.45, 2.75) is 25.4 Å². The van der Waals surface area contributed by atoms with E-state index in [2.05, 4.69) is 5.32 Å². The molecule has 2 atom stereocenters. The van der Waals surface area contributed by atoms with Crippen molar-refractivity contribution in [1.29, 1.82) is 0 Å². The van der Waals surface area contributed by atoms with Crippen molar-refractivity contribution in [3.63, 3.8) is 0 Å². The molecule has 1 heterocycles. The van der Waals surface area contributed by atoms with E-state index in [0.717, 1.165) is 11.1 Å². The maximum Gasteiger partial charge on any atom is 0.227 e. The van der Waals surface area contributed by atoms with Crippen LogP contribution in [-0.4, -0.2) is 40.3 Å². The predicted molar refractivity (Wildman–Crippen MR) is 140 cm³/mol. The maximum absolute atomic E-state index is 13.7. The van der Waals surface area contributed by atoms with Gasteiger partial charge < -0.3 is 29.2 Å². The van der Waals surface area contributed by atoms with Crippen LogP contribution in [-0.2, 0) is 16.1 Å². The topological polar surface area (TPSA) is 86.3 Å². The zero-order valence-corrected chi connectivity index (χ0v) is 21.5. The Bertz CT molecular complexity index is 1240. The molecule has 0 aromatic heterocycles. The molecule has 1 saturated heterocycles. The van der Waals surface area contributed by atoms with E-state index in [1.807, 2.05) is 48.5 Å². The van der Waals surface area contributed by atoms with Crippen LogP contribution in [0.5, 0.6) is 23.0 Å². The van der Waals surface area contributed by atoms with Gasteiger partial charge in [-0.1, -0.05) is 24.3 Å². The van der Waals surface area contributed by atoms with Crippen LogP contribution < -0.4 is 29.2 Å². The molecule has 1 fully saturated rings. The van der Waals surface area contributed by atoms with Crippen LogP contribution >= 0.6 is 0 Å². The molecule has 0 saturated carbocycles. The number of methoxy groups -OCH3 is 4. The Morgan fingerprint density at radius 1 is 0.865 bits per heavy atom. The largest absolute Gasteiger partial charge is 0.497 e. The Morgan fingerprint density at radius 2 is 1.57 bits per heavy atom. The van der Waals surface area contributed by atoms with E-state index >= 15 is 0 Å². The summed E-state index contributed by atoms with van der Waals surface area (Å²) in [5.74, 6) is 1.80. The minimum Gasteiger partial charge on any atom is -0.497 e. The third kappa shape index (κ3) is 5.48. The second-order valence-corrected chi connectivity index (χ2v) is 8.70. The molecule has 0 radical (unpaired) electrons. The van der Waals surface area contributed by atoms with Gasteiger partial charge in [-0.2, -0.15) is 0 Å². The highest BCUT2D eigenvalue weighted by molar-refractivity contribution is 5.97. The number of amides is 2. The number of para-hydroxylation sites is 1. The van der Waals surface area contributed by atoms with Gasteiger partial charge >= 0.3 is 0 Å². The number of ether oxygens (including phenoxy) is 4. The molecule has 8 heteroatoms. The van der Waals surface area contributed by atoms with Crippen LogP contribution in [0.4, 0.5) is 5.69 Å². The van der Waals surface area contributed by atoms with Crippen molar-refractivity contribution in [1.82, 2.24) is 5.32 Å². The number of anilines is 1. The molecule has 0 unspecified atom stereocenters. The lowest BCUT2D eigenvalue weighted by Gasteiger charge is -2.41. The Balaban J connectivity index is 1.71. The molecule has 3 aromatic carbocycles. The summed E-state index contributed by atoms with van der Waals surface area (Å²) in [6, 6.07) is 19.8. The lowest BCUT2D eigenvalue weighted by Crippen LogP contribution is -2.48. The number of piperidine rings is 1. The number of hydrogen-bond donors (Lipinski definition) is 1. The van der Waals surface area contributed by atoms with Gasteiger partial charge in [-0.25, -0.2) is 0 Å². The molecule has 8 nitrogen and oxygen atoms in total. The van der Waals surface area contributed by atoms with E-state index in [1.165, 1.54) is 0 Å². The minimum absolute atomic E-state index is 0.0567. The van der Waals surface area contributed by atoms with Gasteiger partial charge in [0.05, 0.1) is 40.4 Å². The average molecular weight is 505 g/mol. The standard InChI is InChI=1S/C29H32N2O6/c1-34-22-12-10-21(11-13-22)31-27(32)16-14-23(28(31)19-9-15-25(36-3)26(17-19)37-4)29(33)30-18-20-7-5-6-8-24(20)35-2/h5-13,15,17,23,28H,14,16,18H2,1-4H3,(H,30,33)/t23-,28+/m1/s1. The van der Waals surface area contributed by atoms with Gasteiger partial charge in [-0.05, 0) is 54.4 Å². The number of nitrogens with one attached hydrogen (secondary N) is 1. The molecular weight excluding hydrogens is 472 g/mol. The fourth-order valence-corrected chi connectivity index (χ4v) is 4.79. The van der Waals surface area contributed by atoms with Gasteiger partial charge in [0.1, 0.15) is 11.5 Å². The highest BCUT2D eigenvalue weighted by Gasteiger charge is 2.41. The second kappa shape index (κ2) is 11.7. The third-order valence-electron chi connectivity index (χ3n) is 6.68. The highest BCUT2D eigenvalue weighted by Crippen LogP contribution is 2.42. The van der Waals surface area contributed by atoms with Crippen molar-refractivity contribution in [3.8, 4) is 23.0 Å². The number of rotatable bonds is 9. The van der Waals surface area contributed by atoms with Gasteiger partial charge in [-0.15, -0.1) is 0 Å². The van der Waals surface area contributed by atoms with Crippen LogP contribution in [0.15, 0.2) is 66.7 Å². The van der Waals surface area contributed by atoms with E-state index < -0.39 is 12.0 Å². The lowest BCUT2D eigenvalue weighted by atomic mass is 9.83. The lowest BCUT2D eigenvalue weighted by molar-refractivity contribution is -0.129.